The molecule has 2 aromatic rings. The van der Waals surface area contributed by atoms with Gasteiger partial charge in [0, 0.05) is 30.7 Å². The lowest BCUT2D eigenvalue weighted by Gasteiger charge is -2.34. The summed E-state index contributed by atoms with van der Waals surface area (Å²) < 4.78 is 35.2. The number of hydrogen-bond donors (Lipinski definition) is 2. The number of nitrogens with one attached hydrogen (secondary N) is 2. The Morgan fingerprint density at radius 1 is 1.11 bits per heavy atom. The third-order valence-corrected chi connectivity index (χ3v) is 7.62. The Kier molecular flexibility index (Phi) is 8.91. The first kappa shape index (κ1) is 26.7. The number of ether oxygens (including phenoxy) is 1. The number of rotatable bonds is 9. The number of piperidine rings is 1. The van der Waals surface area contributed by atoms with Gasteiger partial charge in [-0.2, -0.15) is 0 Å². The fraction of sp³-hybridized carbons (Fsp3) is 0.462. The molecule has 0 saturated carbocycles. The van der Waals surface area contributed by atoms with Crippen molar-refractivity contribution in [3.05, 3.63) is 54.1 Å². The van der Waals surface area contributed by atoms with E-state index < -0.39 is 16.1 Å². The number of esters is 1. The highest BCUT2D eigenvalue weighted by Crippen LogP contribution is 2.33. The van der Waals surface area contributed by atoms with Crippen LogP contribution in [0.2, 0.25) is 0 Å². The van der Waals surface area contributed by atoms with Crippen LogP contribution in [-0.2, 0) is 24.3 Å². The molecule has 1 saturated heterocycles. The van der Waals surface area contributed by atoms with Gasteiger partial charge >= 0.3 is 5.97 Å². The minimum Gasteiger partial charge on any atom is -0.466 e. The molecule has 1 heterocycles. The zero-order chi connectivity index (χ0) is 25.6. The maximum atomic E-state index is 13.6. The Labute approximate surface area is 208 Å². The summed E-state index contributed by atoms with van der Waals surface area (Å²) in [5, 5.41) is 2.79. The first-order valence-corrected chi connectivity index (χ1v) is 13.5. The van der Waals surface area contributed by atoms with Gasteiger partial charge in [-0.15, -0.1) is 0 Å². The van der Waals surface area contributed by atoms with E-state index in [-0.39, 0.29) is 28.6 Å². The molecule has 0 aliphatic carbocycles. The Balaban J connectivity index is 1.97. The van der Waals surface area contributed by atoms with Gasteiger partial charge in [0.25, 0.3) is 0 Å². The predicted octanol–water partition coefficient (Wildman–Crippen LogP) is 4.10. The molecule has 0 radical (unpaired) electrons. The molecule has 3 rings (SSSR count). The lowest BCUT2D eigenvalue weighted by molar-refractivity contribution is -0.148. The fourth-order valence-electron chi connectivity index (χ4n) is 4.11. The molecule has 2 atom stereocenters. The first-order valence-electron chi connectivity index (χ1n) is 12.1. The standard InChI is InChI=1S/C26H35N3O5S/c1-5-34-26(31)21-12-9-15-29(17-21)23-14-13-22(27-25(30)18(2)3)16-24(23)35(32,33)28-19(4)20-10-7-6-8-11-20/h6-8,10-11,13-14,16,18-19,21,28H,5,9,12,15,17H2,1-4H3,(H,27,30)/t19-,21+/m1/s1. The van der Waals surface area contributed by atoms with E-state index in [2.05, 4.69) is 10.0 Å². The molecular formula is C26H35N3O5S. The van der Waals surface area contributed by atoms with Gasteiger partial charge < -0.3 is 15.0 Å². The molecule has 1 aliphatic rings. The highest BCUT2D eigenvalue weighted by Gasteiger charge is 2.31. The summed E-state index contributed by atoms with van der Waals surface area (Å²) >= 11 is 0. The lowest BCUT2D eigenvalue weighted by atomic mass is 9.97. The normalized spacial score (nSPS) is 17.2. The van der Waals surface area contributed by atoms with Crippen molar-refractivity contribution >= 4 is 33.3 Å². The lowest BCUT2D eigenvalue weighted by Crippen LogP contribution is -2.40. The number of carbonyl (C=O) groups excluding carboxylic acids is 2. The predicted molar refractivity (Wildman–Crippen MR) is 137 cm³/mol. The van der Waals surface area contributed by atoms with Crippen molar-refractivity contribution in [2.24, 2.45) is 11.8 Å². The Morgan fingerprint density at radius 2 is 1.83 bits per heavy atom. The summed E-state index contributed by atoms with van der Waals surface area (Å²) in [6.07, 6.45) is 1.44. The largest absolute Gasteiger partial charge is 0.466 e. The van der Waals surface area contributed by atoms with Crippen LogP contribution >= 0.6 is 0 Å². The molecular weight excluding hydrogens is 466 g/mol. The van der Waals surface area contributed by atoms with Gasteiger partial charge in [0.15, 0.2) is 0 Å². The highest BCUT2D eigenvalue weighted by molar-refractivity contribution is 7.89. The van der Waals surface area contributed by atoms with Crippen LogP contribution in [-0.4, -0.2) is 40.0 Å². The first-order chi connectivity index (χ1) is 16.6. The fourth-order valence-corrected chi connectivity index (χ4v) is 5.59. The molecule has 1 amide bonds. The van der Waals surface area contributed by atoms with Gasteiger partial charge in [0.1, 0.15) is 4.90 Å². The van der Waals surface area contributed by atoms with E-state index in [0.29, 0.717) is 37.5 Å². The van der Waals surface area contributed by atoms with Crippen molar-refractivity contribution in [2.75, 3.05) is 29.9 Å². The number of carbonyl (C=O) groups is 2. The smallest absolute Gasteiger partial charge is 0.310 e. The second-order valence-electron chi connectivity index (χ2n) is 9.12. The van der Waals surface area contributed by atoms with E-state index >= 15 is 0 Å². The van der Waals surface area contributed by atoms with Crippen LogP contribution in [0.25, 0.3) is 0 Å². The molecule has 1 aliphatic heterocycles. The second kappa shape index (κ2) is 11.7. The second-order valence-corrected chi connectivity index (χ2v) is 10.8. The van der Waals surface area contributed by atoms with Crippen LogP contribution in [0.3, 0.4) is 0 Å². The summed E-state index contributed by atoms with van der Waals surface area (Å²) in [4.78, 5) is 26.6. The summed E-state index contributed by atoms with van der Waals surface area (Å²) in [5.74, 6) is -1.04. The van der Waals surface area contributed by atoms with Gasteiger partial charge in [-0.3, -0.25) is 9.59 Å². The van der Waals surface area contributed by atoms with Gasteiger partial charge in [-0.25, -0.2) is 13.1 Å². The minimum atomic E-state index is -3.97. The molecule has 190 valence electrons. The number of hydrogen-bond acceptors (Lipinski definition) is 6. The quantitative estimate of drug-likeness (QED) is 0.501. The number of benzene rings is 2. The average molecular weight is 502 g/mol. The molecule has 35 heavy (non-hydrogen) atoms. The van der Waals surface area contributed by atoms with E-state index in [4.69, 9.17) is 4.74 Å². The zero-order valence-electron chi connectivity index (χ0n) is 20.8. The van der Waals surface area contributed by atoms with Gasteiger partial charge in [-0.1, -0.05) is 44.2 Å². The van der Waals surface area contributed by atoms with Crippen LogP contribution in [0.1, 0.15) is 52.1 Å². The zero-order valence-corrected chi connectivity index (χ0v) is 21.6. The number of nitrogens with zero attached hydrogens (tertiary/aromatic N) is 1. The summed E-state index contributed by atoms with van der Waals surface area (Å²) in [6.45, 7) is 8.39. The Morgan fingerprint density at radius 3 is 2.49 bits per heavy atom. The molecule has 0 spiro atoms. The molecule has 9 heteroatoms. The van der Waals surface area contributed by atoms with Crippen molar-refractivity contribution in [1.82, 2.24) is 4.72 Å². The Bertz CT molecular complexity index is 1130. The van der Waals surface area contributed by atoms with Gasteiger partial charge in [0.2, 0.25) is 15.9 Å². The SMILES string of the molecule is CCOC(=O)[C@H]1CCCN(c2ccc(NC(=O)C(C)C)cc2S(=O)(=O)N[C@H](C)c2ccccc2)C1. The van der Waals surface area contributed by atoms with E-state index in [1.165, 1.54) is 6.07 Å². The van der Waals surface area contributed by atoms with E-state index in [1.807, 2.05) is 35.2 Å². The van der Waals surface area contributed by atoms with Crippen LogP contribution in [0, 0.1) is 11.8 Å². The third kappa shape index (κ3) is 6.82. The number of amides is 1. The van der Waals surface area contributed by atoms with Crippen LogP contribution in [0.15, 0.2) is 53.4 Å². The maximum absolute atomic E-state index is 13.6. The number of anilines is 2. The topological polar surface area (TPSA) is 105 Å². The van der Waals surface area contributed by atoms with Crippen molar-refractivity contribution in [1.29, 1.82) is 0 Å². The molecule has 0 aromatic heterocycles. The van der Waals surface area contributed by atoms with Crippen LogP contribution in [0.4, 0.5) is 11.4 Å². The maximum Gasteiger partial charge on any atom is 0.310 e. The summed E-state index contributed by atoms with van der Waals surface area (Å²) in [5.41, 5.74) is 1.73. The molecule has 8 nitrogen and oxygen atoms in total. The van der Waals surface area contributed by atoms with E-state index in [9.17, 15) is 18.0 Å². The van der Waals surface area contributed by atoms with E-state index in [0.717, 1.165) is 12.0 Å². The van der Waals surface area contributed by atoms with Gasteiger partial charge in [-0.05, 0) is 50.5 Å². The molecule has 2 N–H and O–H groups in total. The molecule has 1 fully saturated rings. The molecule has 0 bridgehead atoms. The minimum absolute atomic E-state index is 0.0614. The molecule has 0 unspecified atom stereocenters. The summed E-state index contributed by atoms with van der Waals surface area (Å²) in [6, 6.07) is 13.7. The van der Waals surface area contributed by atoms with Crippen LogP contribution in [0.5, 0.6) is 0 Å². The summed E-state index contributed by atoms with van der Waals surface area (Å²) in [7, 11) is -3.97. The Hall–Kier alpha value is -2.91. The van der Waals surface area contributed by atoms with Crippen molar-refractivity contribution in [2.45, 2.75) is 51.5 Å². The highest BCUT2D eigenvalue weighted by atomic mass is 32.2. The van der Waals surface area contributed by atoms with Crippen molar-refractivity contribution in [3.63, 3.8) is 0 Å². The number of sulfonamides is 1. The third-order valence-electron chi connectivity index (χ3n) is 6.05. The average Bonchev–Trinajstić information content (AvgIpc) is 2.84. The monoisotopic (exact) mass is 501 g/mol. The molecule has 2 aromatic carbocycles. The van der Waals surface area contributed by atoms with Crippen molar-refractivity contribution in [3.8, 4) is 0 Å². The van der Waals surface area contributed by atoms with E-state index in [1.54, 1.807) is 39.8 Å². The van der Waals surface area contributed by atoms with Gasteiger partial charge in [0.05, 0.1) is 18.2 Å². The van der Waals surface area contributed by atoms with Crippen LogP contribution < -0.4 is 14.9 Å². The van der Waals surface area contributed by atoms with Crippen molar-refractivity contribution < 1.29 is 22.7 Å².